The molecular formula is C31H32FN9. The third-order valence-electron chi connectivity index (χ3n) is 6.99. The van der Waals surface area contributed by atoms with E-state index in [4.69, 9.17) is 4.98 Å². The van der Waals surface area contributed by atoms with Crippen molar-refractivity contribution in [3.8, 4) is 33.9 Å². The van der Waals surface area contributed by atoms with Gasteiger partial charge in [-0.15, -0.1) is 0 Å². The molecule has 0 spiro atoms. The SMILES string of the molecule is CN(C)CCCc1cc(F)cc(-c2cncc3[nH]c(-c4n[nH]c5cnc(-c6cncc(CN(C)C)c6)cc45)nc23)c1. The first kappa shape index (κ1) is 26.7. The first-order chi connectivity index (χ1) is 19.8. The molecule has 6 aromatic rings. The van der Waals surface area contributed by atoms with Gasteiger partial charge < -0.3 is 14.8 Å². The van der Waals surface area contributed by atoms with Gasteiger partial charge >= 0.3 is 0 Å². The highest BCUT2D eigenvalue weighted by atomic mass is 19.1. The molecule has 0 aliphatic heterocycles. The maximum atomic E-state index is 14.7. The summed E-state index contributed by atoms with van der Waals surface area (Å²) < 4.78 is 14.7. The molecule has 1 aromatic carbocycles. The minimum absolute atomic E-state index is 0.266. The minimum Gasteiger partial charge on any atom is -0.335 e. The Labute approximate surface area is 237 Å². The summed E-state index contributed by atoms with van der Waals surface area (Å²) in [6, 6.07) is 9.29. The largest absolute Gasteiger partial charge is 0.335 e. The fourth-order valence-corrected chi connectivity index (χ4v) is 5.14. The van der Waals surface area contributed by atoms with E-state index in [0.29, 0.717) is 17.0 Å². The quantitative estimate of drug-likeness (QED) is 0.252. The van der Waals surface area contributed by atoms with Crippen LogP contribution in [0, 0.1) is 5.82 Å². The van der Waals surface area contributed by atoms with Crippen LogP contribution < -0.4 is 0 Å². The molecule has 2 N–H and O–H groups in total. The Kier molecular flexibility index (Phi) is 7.25. The van der Waals surface area contributed by atoms with E-state index >= 15 is 0 Å². The molecule has 0 aliphatic rings. The highest BCUT2D eigenvalue weighted by molar-refractivity contribution is 5.97. The molecule has 0 atom stereocenters. The number of H-pyrrole nitrogens is 2. The van der Waals surface area contributed by atoms with Crippen molar-refractivity contribution >= 4 is 21.9 Å². The van der Waals surface area contributed by atoms with Gasteiger partial charge in [-0.25, -0.2) is 9.37 Å². The number of benzene rings is 1. The fourth-order valence-electron chi connectivity index (χ4n) is 5.14. The molecule has 41 heavy (non-hydrogen) atoms. The molecule has 10 heteroatoms. The summed E-state index contributed by atoms with van der Waals surface area (Å²) in [4.78, 5) is 26.0. The van der Waals surface area contributed by atoms with E-state index in [9.17, 15) is 4.39 Å². The number of aryl methyl sites for hydroxylation is 1. The van der Waals surface area contributed by atoms with Gasteiger partial charge in [0.2, 0.25) is 0 Å². The van der Waals surface area contributed by atoms with Gasteiger partial charge in [0.25, 0.3) is 0 Å². The highest BCUT2D eigenvalue weighted by Gasteiger charge is 2.17. The molecule has 0 radical (unpaired) electrons. The molecule has 0 aliphatic carbocycles. The number of fused-ring (bicyclic) bond motifs is 2. The van der Waals surface area contributed by atoms with Gasteiger partial charge in [0, 0.05) is 41.6 Å². The Hall–Kier alpha value is -4.54. The van der Waals surface area contributed by atoms with E-state index in [2.05, 4.69) is 46.0 Å². The summed E-state index contributed by atoms with van der Waals surface area (Å²) in [7, 11) is 8.14. The van der Waals surface area contributed by atoms with Crippen LogP contribution in [0.4, 0.5) is 4.39 Å². The first-order valence-electron chi connectivity index (χ1n) is 13.6. The Balaban J connectivity index is 1.37. The van der Waals surface area contributed by atoms with E-state index in [-0.39, 0.29) is 5.82 Å². The smallest absolute Gasteiger partial charge is 0.159 e. The van der Waals surface area contributed by atoms with Gasteiger partial charge in [-0.2, -0.15) is 5.10 Å². The molecule has 6 rings (SSSR count). The Morgan fingerprint density at radius 2 is 1.63 bits per heavy atom. The predicted molar refractivity (Wildman–Crippen MR) is 160 cm³/mol. The van der Waals surface area contributed by atoms with Crippen molar-refractivity contribution < 1.29 is 4.39 Å². The molecule has 0 amide bonds. The van der Waals surface area contributed by atoms with E-state index in [1.807, 2.05) is 52.7 Å². The molecule has 0 bridgehead atoms. The number of imidazole rings is 1. The molecule has 0 saturated heterocycles. The lowest BCUT2D eigenvalue weighted by atomic mass is 10.0. The molecule has 0 unspecified atom stereocenters. The Morgan fingerprint density at radius 1 is 0.805 bits per heavy atom. The van der Waals surface area contributed by atoms with E-state index < -0.39 is 0 Å². The van der Waals surface area contributed by atoms with Crippen LogP contribution in [-0.2, 0) is 13.0 Å². The third-order valence-corrected chi connectivity index (χ3v) is 6.99. The predicted octanol–water partition coefficient (Wildman–Crippen LogP) is 5.32. The van der Waals surface area contributed by atoms with Gasteiger partial charge in [0.1, 0.15) is 11.5 Å². The number of nitrogens with one attached hydrogen (secondary N) is 2. The van der Waals surface area contributed by atoms with Gasteiger partial charge in [0.05, 0.1) is 34.6 Å². The minimum atomic E-state index is -0.266. The van der Waals surface area contributed by atoms with Gasteiger partial charge in [0.15, 0.2) is 5.82 Å². The third kappa shape index (κ3) is 5.70. The molecule has 0 saturated carbocycles. The second-order valence-electron chi connectivity index (χ2n) is 10.9. The average molecular weight is 550 g/mol. The lowest BCUT2D eigenvalue weighted by Crippen LogP contribution is -2.13. The zero-order chi connectivity index (χ0) is 28.5. The summed E-state index contributed by atoms with van der Waals surface area (Å²) in [5, 5.41) is 8.52. The highest BCUT2D eigenvalue weighted by Crippen LogP contribution is 2.33. The van der Waals surface area contributed by atoms with Crippen LogP contribution in [0.25, 0.3) is 55.8 Å². The van der Waals surface area contributed by atoms with E-state index in [0.717, 1.165) is 75.9 Å². The van der Waals surface area contributed by atoms with Crippen LogP contribution in [0.15, 0.2) is 61.3 Å². The second kappa shape index (κ2) is 11.1. The van der Waals surface area contributed by atoms with Crippen molar-refractivity contribution in [2.75, 3.05) is 34.7 Å². The molecule has 9 nitrogen and oxygen atoms in total. The second-order valence-corrected chi connectivity index (χ2v) is 10.9. The summed E-state index contributed by atoms with van der Waals surface area (Å²) in [6.07, 6.45) is 10.7. The first-order valence-corrected chi connectivity index (χ1v) is 13.6. The number of pyridine rings is 3. The summed E-state index contributed by atoms with van der Waals surface area (Å²) in [5.41, 5.74) is 8.26. The number of hydrogen-bond acceptors (Lipinski definition) is 7. The van der Waals surface area contributed by atoms with Gasteiger partial charge in [-0.05, 0) is 88.5 Å². The van der Waals surface area contributed by atoms with Crippen molar-refractivity contribution in [1.29, 1.82) is 0 Å². The van der Waals surface area contributed by atoms with Crippen LogP contribution in [0.5, 0.6) is 0 Å². The average Bonchev–Trinajstić information content (AvgIpc) is 3.56. The van der Waals surface area contributed by atoms with Crippen molar-refractivity contribution in [2.24, 2.45) is 0 Å². The lowest BCUT2D eigenvalue weighted by molar-refractivity contribution is 0.400. The fraction of sp³-hybridized carbons (Fsp3) is 0.258. The summed E-state index contributed by atoms with van der Waals surface area (Å²) >= 11 is 0. The topological polar surface area (TPSA) is 103 Å². The van der Waals surface area contributed by atoms with Crippen LogP contribution in [0.1, 0.15) is 17.5 Å². The molecule has 208 valence electrons. The van der Waals surface area contributed by atoms with Crippen LogP contribution in [0.2, 0.25) is 0 Å². The van der Waals surface area contributed by atoms with Crippen molar-refractivity contribution in [1.82, 2.24) is 44.9 Å². The van der Waals surface area contributed by atoms with Gasteiger partial charge in [-0.3, -0.25) is 20.1 Å². The Morgan fingerprint density at radius 3 is 2.46 bits per heavy atom. The normalized spacial score (nSPS) is 11.9. The number of aromatic nitrogens is 7. The van der Waals surface area contributed by atoms with E-state index in [1.165, 1.54) is 0 Å². The summed E-state index contributed by atoms with van der Waals surface area (Å²) in [6.45, 7) is 1.73. The number of nitrogens with zero attached hydrogens (tertiary/aromatic N) is 7. The van der Waals surface area contributed by atoms with Gasteiger partial charge in [-0.1, -0.05) is 6.07 Å². The maximum absolute atomic E-state index is 14.7. The van der Waals surface area contributed by atoms with Crippen LogP contribution in [0.3, 0.4) is 0 Å². The Bertz CT molecular complexity index is 1840. The number of rotatable bonds is 9. The number of hydrogen-bond donors (Lipinski definition) is 2. The van der Waals surface area contributed by atoms with Crippen molar-refractivity contribution in [3.63, 3.8) is 0 Å². The standard InChI is InChI=1S/C31H32FN9/c1-40(2)7-5-6-19-8-21(11-23(32)10-19)25-15-34-16-28-29(25)37-31(36-28)30-24-12-26(35-17-27(24)38-39-30)22-9-20(13-33-14-22)18-41(3)4/h8-17H,5-7,18H2,1-4H3,(H,36,37)(H,38,39). The maximum Gasteiger partial charge on any atom is 0.159 e. The van der Waals surface area contributed by atoms with Crippen LogP contribution in [-0.4, -0.2) is 79.7 Å². The zero-order valence-electron chi connectivity index (χ0n) is 23.6. The molecule has 5 heterocycles. The monoisotopic (exact) mass is 549 g/mol. The van der Waals surface area contributed by atoms with Crippen molar-refractivity contribution in [3.05, 3.63) is 78.3 Å². The van der Waals surface area contributed by atoms with E-state index in [1.54, 1.807) is 30.7 Å². The number of aromatic amines is 2. The number of halogens is 1. The summed E-state index contributed by atoms with van der Waals surface area (Å²) in [5.74, 6) is 0.331. The molecule has 5 aromatic heterocycles. The molecule has 0 fully saturated rings. The van der Waals surface area contributed by atoms with Crippen molar-refractivity contribution in [2.45, 2.75) is 19.4 Å². The van der Waals surface area contributed by atoms with Crippen LogP contribution >= 0.6 is 0 Å². The zero-order valence-corrected chi connectivity index (χ0v) is 23.6. The lowest BCUT2D eigenvalue weighted by Gasteiger charge is -2.10. The molecular weight excluding hydrogens is 517 g/mol.